The van der Waals surface area contributed by atoms with E-state index in [9.17, 15) is 8.42 Å². The third-order valence-corrected chi connectivity index (χ3v) is 1.76. The summed E-state index contributed by atoms with van der Waals surface area (Å²) < 4.78 is 27.6. The van der Waals surface area contributed by atoms with Crippen LogP contribution in [0.4, 0.5) is 0 Å². The summed E-state index contributed by atoms with van der Waals surface area (Å²) in [4.78, 5) is 1.58. The lowest BCUT2D eigenvalue weighted by Gasteiger charge is -2.05. The first-order chi connectivity index (χ1) is 4.51. The maximum absolute atomic E-state index is 10.5. The van der Waals surface area contributed by atoms with Gasteiger partial charge in [0.15, 0.2) is 5.84 Å². The maximum Gasteiger partial charge on any atom is 0.365 e. The lowest BCUT2D eigenvalue weighted by Crippen LogP contribution is -2.21. The van der Waals surface area contributed by atoms with Crippen LogP contribution in [0.25, 0.3) is 0 Å². The molecule has 0 aliphatic carbocycles. The second kappa shape index (κ2) is 2.05. The predicted molar refractivity (Wildman–Crippen MR) is 38.5 cm³/mol. The van der Waals surface area contributed by atoms with E-state index in [2.05, 4.69) is 8.80 Å². The van der Waals surface area contributed by atoms with Gasteiger partial charge in [0.1, 0.15) is 0 Å². The highest BCUT2D eigenvalue weighted by atomic mass is 32.2. The van der Waals surface area contributed by atoms with Gasteiger partial charge in [0.2, 0.25) is 0 Å². The summed E-state index contributed by atoms with van der Waals surface area (Å²) in [5.74, 6) is 0.361. The van der Waals surface area contributed by atoms with Gasteiger partial charge in [-0.1, -0.05) is 0 Å². The minimum absolute atomic E-state index is 0.361. The molecule has 0 bridgehead atoms. The Kier molecular flexibility index (Phi) is 1.47. The Hall–Kier alpha value is -0.910. The normalized spacial score (nSPS) is 20.8. The van der Waals surface area contributed by atoms with Crippen molar-refractivity contribution in [2.24, 2.45) is 8.80 Å². The summed E-state index contributed by atoms with van der Waals surface area (Å²) in [6.07, 6.45) is 1.22. The molecule has 1 rings (SSSR count). The minimum Gasteiger partial charge on any atom is -0.361 e. The fourth-order valence-corrected chi connectivity index (χ4v) is 1.20. The number of hydrogen-bond acceptors (Lipinski definition) is 3. The van der Waals surface area contributed by atoms with E-state index in [-0.39, 0.29) is 0 Å². The molecule has 5 nitrogen and oxygen atoms in total. The summed E-state index contributed by atoms with van der Waals surface area (Å²) in [6.45, 7) is 0. The third-order valence-electron chi connectivity index (χ3n) is 0.968. The molecule has 0 atom stereocenters. The summed E-state index contributed by atoms with van der Waals surface area (Å²) in [5, 5.41) is 0. The monoisotopic (exact) mass is 161 g/mol. The topological polar surface area (TPSA) is 62.1 Å². The van der Waals surface area contributed by atoms with E-state index in [0.29, 0.717) is 5.84 Å². The van der Waals surface area contributed by atoms with Crippen molar-refractivity contribution in [3.05, 3.63) is 0 Å². The average Bonchev–Trinajstić information content (AvgIpc) is 2.10. The Bertz CT molecular complexity index is 288. The van der Waals surface area contributed by atoms with Crippen LogP contribution in [-0.4, -0.2) is 39.5 Å². The first-order valence-electron chi connectivity index (χ1n) is 2.59. The average molecular weight is 161 g/mol. The second-order valence-electron chi connectivity index (χ2n) is 2.03. The standard InChI is InChI=1S/C4H7N3O2S/c1-7(2)4-3-5-10(8,9)6-4/h3H,1-2H3. The van der Waals surface area contributed by atoms with E-state index in [4.69, 9.17) is 0 Å². The van der Waals surface area contributed by atoms with E-state index in [1.807, 2.05) is 0 Å². The van der Waals surface area contributed by atoms with Gasteiger partial charge in [-0.3, -0.25) is 0 Å². The van der Waals surface area contributed by atoms with Crippen molar-refractivity contribution in [2.45, 2.75) is 0 Å². The molecule has 0 aromatic carbocycles. The molecule has 10 heavy (non-hydrogen) atoms. The molecule has 0 amide bonds. The van der Waals surface area contributed by atoms with Crippen molar-refractivity contribution < 1.29 is 8.42 Å². The number of amidine groups is 1. The van der Waals surface area contributed by atoms with Gasteiger partial charge in [-0.05, 0) is 0 Å². The van der Waals surface area contributed by atoms with Gasteiger partial charge < -0.3 is 4.90 Å². The molecular formula is C4H7N3O2S. The van der Waals surface area contributed by atoms with Crippen LogP contribution in [0.5, 0.6) is 0 Å². The predicted octanol–water partition coefficient (Wildman–Crippen LogP) is -0.724. The Morgan fingerprint density at radius 1 is 1.50 bits per heavy atom. The van der Waals surface area contributed by atoms with Crippen molar-refractivity contribution >= 4 is 22.3 Å². The lowest BCUT2D eigenvalue weighted by molar-refractivity contribution is 0.598. The molecule has 0 radical (unpaired) electrons. The molecule has 0 aromatic heterocycles. The van der Waals surface area contributed by atoms with E-state index < -0.39 is 10.2 Å². The van der Waals surface area contributed by atoms with Gasteiger partial charge in [-0.25, -0.2) is 0 Å². The Morgan fingerprint density at radius 3 is 2.30 bits per heavy atom. The third kappa shape index (κ3) is 1.32. The zero-order valence-electron chi connectivity index (χ0n) is 5.64. The highest BCUT2D eigenvalue weighted by molar-refractivity contribution is 7.89. The Morgan fingerprint density at radius 2 is 2.10 bits per heavy atom. The fraction of sp³-hybridized carbons (Fsp3) is 0.500. The fourth-order valence-electron chi connectivity index (χ4n) is 0.476. The van der Waals surface area contributed by atoms with Crippen molar-refractivity contribution in [1.29, 1.82) is 0 Å². The molecule has 0 spiro atoms. The van der Waals surface area contributed by atoms with Gasteiger partial charge in [0.25, 0.3) is 0 Å². The quantitative estimate of drug-likeness (QED) is 0.471. The van der Waals surface area contributed by atoms with E-state index in [1.165, 1.54) is 6.21 Å². The van der Waals surface area contributed by atoms with Gasteiger partial charge in [0, 0.05) is 14.1 Å². The zero-order valence-corrected chi connectivity index (χ0v) is 6.46. The van der Waals surface area contributed by atoms with Crippen molar-refractivity contribution in [1.82, 2.24) is 4.90 Å². The van der Waals surface area contributed by atoms with E-state index >= 15 is 0 Å². The van der Waals surface area contributed by atoms with Crippen LogP contribution in [0.2, 0.25) is 0 Å². The van der Waals surface area contributed by atoms with Crippen LogP contribution in [0.15, 0.2) is 8.80 Å². The largest absolute Gasteiger partial charge is 0.365 e. The lowest BCUT2D eigenvalue weighted by atomic mass is 10.6. The maximum atomic E-state index is 10.5. The summed E-state index contributed by atoms with van der Waals surface area (Å²) in [6, 6.07) is 0. The van der Waals surface area contributed by atoms with E-state index in [0.717, 1.165) is 0 Å². The van der Waals surface area contributed by atoms with E-state index in [1.54, 1.807) is 19.0 Å². The summed E-state index contributed by atoms with van der Waals surface area (Å²) >= 11 is 0. The number of hydrogen-bond donors (Lipinski definition) is 0. The van der Waals surface area contributed by atoms with Crippen molar-refractivity contribution in [3.8, 4) is 0 Å². The second-order valence-corrected chi connectivity index (χ2v) is 3.32. The highest BCUT2D eigenvalue weighted by Gasteiger charge is 2.14. The van der Waals surface area contributed by atoms with Gasteiger partial charge >= 0.3 is 10.2 Å². The van der Waals surface area contributed by atoms with Gasteiger partial charge in [0.05, 0.1) is 6.21 Å². The SMILES string of the molecule is CN(C)C1=NS(=O)(=O)N=C1. The van der Waals surface area contributed by atoms with Crippen LogP contribution in [-0.2, 0) is 10.2 Å². The molecule has 0 saturated heterocycles. The Balaban J connectivity index is 3.00. The van der Waals surface area contributed by atoms with Gasteiger partial charge in [-0.15, -0.1) is 8.80 Å². The summed E-state index contributed by atoms with van der Waals surface area (Å²) in [5.41, 5.74) is 0. The number of rotatable bonds is 0. The Labute approximate surface area is 59.3 Å². The number of nitrogens with zero attached hydrogens (tertiary/aromatic N) is 3. The van der Waals surface area contributed by atoms with Crippen LogP contribution >= 0.6 is 0 Å². The van der Waals surface area contributed by atoms with Crippen LogP contribution in [0.1, 0.15) is 0 Å². The molecule has 1 heterocycles. The molecule has 1 aliphatic rings. The molecule has 6 heteroatoms. The molecule has 56 valence electrons. The molecule has 0 N–H and O–H groups in total. The molecular weight excluding hydrogens is 154 g/mol. The molecule has 0 fully saturated rings. The molecule has 0 unspecified atom stereocenters. The van der Waals surface area contributed by atoms with Crippen LogP contribution in [0.3, 0.4) is 0 Å². The first kappa shape index (κ1) is 7.20. The molecule has 1 aliphatic heterocycles. The minimum atomic E-state index is -3.52. The van der Waals surface area contributed by atoms with Crippen LogP contribution in [0, 0.1) is 0 Å². The van der Waals surface area contributed by atoms with Crippen molar-refractivity contribution in [3.63, 3.8) is 0 Å². The highest BCUT2D eigenvalue weighted by Crippen LogP contribution is 2.01. The van der Waals surface area contributed by atoms with Crippen LogP contribution < -0.4 is 0 Å². The first-order valence-corrected chi connectivity index (χ1v) is 3.98. The van der Waals surface area contributed by atoms with Gasteiger partial charge in [-0.2, -0.15) is 8.42 Å². The smallest absolute Gasteiger partial charge is 0.361 e. The van der Waals surface area contributed by atoms with Crippen molar-refractivity contribution in [2.75, 3.05) is 14.1 Å². The molecule has 0 aromatic rings. The molecule has 0 saturated carbocycles. The summed E-state index contributed by atoms with van der Waals surface area (Å²) in [7, 11) is -0.125. The zero-order chi connectivity index (χ0) is 7.78.